The van der Waals surface area contributed by atoms with E-state index in [1.54, 1.807) is 5.56 Å². The molecule has 0 atom stereocenters. The van der Waals surface area contributed by atoms with Gasteiger partial charge in [-0.2, -0.15) is 0 Å². The van der Waals surface area contributed by atoms with Crippen molar-refractivity contribution in [2.75, 3.05) is 0 Å². The Bertz CT molecular complexity index is 818. The van der Waals surface area contributed by atoms with E-state index in [1.165, 1.54) is 43.4 Å². The van der Waals surface area contributed by atoms with Crippen molar-refractivity contribution in [3.63, 3.8) is 0 Å². The largest absolute Gasteiger partial charge is 0.349 e. The normalized spacial score (nSPS) is 18.6. The smallest absolute Gasteiger partial charge is 0.251 e. The van der Waals surface area contributed by atoms with E-state index in [0.29, 0.717) is 6.04 Å². The predicted molar refractivity (Wildman–Crippen MR) is 114 cm³/mol. The van der Waals surface area contributed by atoms with Crippen LogP contribution in [0.25, 0.3) is 6.08 Å². The van der Waals surface area contributed by atoms with Crippen molar-refractivity contribution in [3.05, 3.63) is 71.1 Å². The Morgan fingerprint density at radius 3 is 2.50 bits per heavy atom. The second-order valence-corrected chi connectivity index (χ2v) is 8.15. The van der Waals surface area contributed by atoms with E-state index in [0.717, 1.165) is 37.2 Å². The lowest BCUT2D eigenvalue weighted by Crippen LogP contribution is -2.25. The third kappa shape index (κ3) is 4.89. The molecule has 1 heterocycles. The number of pyridine rings is 1. The molecule has 2 fully saturated rings. The van der Waals surface area contributed by atoms with Crippen molar-refractivity contribution in [2.24, 2.45) is 0 Å². The molecule has 0 spiro atoms. The van der Waals surface area contributed by atoms with E-state index >= 15 is 0 Å². The minimum absolute atomic E-state index is 0.0538. The lowest BCUT2D eigenvalue weighted by Gasteiger charge is -2.25. The van der Waals surface area contributed by atoms with Crippen LogP contribution in [0.3, 0.4) is 0 Å². The van der Waals surface area contributed by atoms with Crippen LogP contribution in [0.1, 0.15) is 84.5 Å². The Morgan fingerprint density at radius 1 is 0.964 bits per heavy atom. The summed E-state index contributed by atoms with van der Waals surface area (Å²) in [7, 11) is 0. The van der Waals surface area contributed by atoms with Gasteiger partial charge >= 0.3 is 0 Å². The fraction of sp³-hybridized carbons (Fsp3) is 0.440. The summed E-state index contributed by atoms with van der Waals surface area (Å²) in [5.74, 6) is 0.853. The van der Waals surface area contributed by atoms with Crippen molar-refractivity contribution in [2.45, 2.75) is 69.7 Å². The third-order valence-corrected chi connectivity index (χ3v) is 5.93. The zero-order valence-corrected chi connectivity index (χ0v) is 16.6. The van der Waals surface area contributed by atoms with Crippen LogP contribution in [0, 0.1) is 0 Å². The SMILES string of the molecule is C1=Cc2c(C3CCCCC3)ccnc2CC1.O=C(NC1CC1)c1ccccc1. The Balaban J connectivity index is 0.000000143. The second kappa shape index (κ2) is 9.18. The molecule has 0 aliphatic heterocycles. The van der Waals surface area contributed by atoms with E-state index in [9.17, 15) is 4.79 Å². The highest BCUT2D eigenvalue weighted by Gasteiger charge is 2.23. The van der Waals surface area contributed by atoms with Crippen molar-refractivity contribution in [3.8, 4) is 0 Å². The standard InChI is InChI=1S/C15H19N.C10H11NO/c1-2-6-12(7-3-1)13-10-11-16-15-9-5-4-8-14(13)15;12-10(11-9-6-7-9)8-4-2-1-3-5-8/h4,8,10-12H,1-3,5-7,9H2;1-5,9H,6-7H2,(H,11,12). The zero-order valence-electron chi connectivity index (χ0n) is 16.6. The fourth-order valence-electron chi connectivity index (χ4n) is 4.20. The molecule has 1 aromatic heterocycles. The molecule has 146 valence electrons. The number of hydrogen-bond acceptors (Lipinski definition) is 2. The monoisotopic (exact) mass is 374 g/mol. The van der Waals surface area contributed by atoms with Gasteiger partial charge < -0.3 is 5.32 Å². The summed E-state index contributed by atoms with van der Waals surface area (Å²) >= 11 is 0. The highest BCUT2D eigenvalue weighted by atomic mass is 16.1. The van der Waals surface area contributed by atoms with Gasteiger partial charge in [-0.05, 0) is 73.8 Å². The highest BCUT2D eigenvalue weighted by molar-refractivity contribution is 5.94. The summed E-state index contributed by atoms with van der Waals surface area (Å²) < 4.78 is 0. The van der Waals surface area contributed by atoms with E-state index in [4.69, 9.17) is 0 Å². The molecule has 5 rings (SSSR count). The summed E-state index contributed by atoms with van der Waals surface area (Å²) in [6.45, 7) is 0. The molecule has 0 radical (unpaired) electrons. The first-order valence-electron chi connectivity index (χ1n) is 10.8. The third-order valence-electron chi connectivity index (χ3n) is 5.93. The van der Waals surface area contributed by atoms with Crippen LogP contribution >= 0.6 is 0 Å². The van der Waals surface area contributed by atoms with Gasteiger partial charge in [0.1, 0.15) is 0 Å². The van der Waals surface area contributed by atoms with Gasteiger partial charge in [-0.1, -0.05) is 49.6 Å². The lowest BCUT2D eigenvalue weighted by atomic mass is 9.81. The van der Waals surface area contributed by atoms with Crippen molar-refractivity contribution in [1.82, 2.24) is 10.3 Å². The number of nitrogens with one attached hydrogen (secondary N) is 1. The van der Waals surface area contributed by atoms with E-state index in [1.807, 2.05) is 36.5 Å². The first-order chi connectivity index (χ1) is 13.8. The second-order valence-electron chi connectivity index (χ2n) is 8.15. The number of nitrogens with zero attached hydrogens (tertiary/aromatic N) is 1. The molecule has 1 amide bonds. The molecule has 2 saturated carbocycles. The molecule has 0 unspecified atom stereocenters. The van der Waals surface area contributed by atoms with Crippen LogP contribution in [0.15, 0.2) is 48.7 Å². The van der Waals surface area contributed by atoms with Gasteiger partial charge in [0.2, 0.25) is 0 Å². The van der Waals surface area contributed by atoms with Crippen LogP contribution in [0.2, 0.25) is 0 Å². The van der Waals surface area contributed by atoms with Gasteiger partial charge in [0.15, 0.2) is 0 Å². The molecule has 28 heavy (non-hydrogen) atoms. The maximum atomic E-state index is 11.4. The topological polar surface area (TPSA) is 42.0 Å². The summed E-state index contributed by atoms with van der Waals surface area (Å²) in [6, 6.07) is 12.0. The van der Waals surface area contributed by atoms with Gasteiger partial charge in [0.05, 0.1) is 0 Å². The molecule has 0 bridgehead atoms. The van der Waals surface area contributed by atoms with E-state index in [-0.39, 0.29) is 5.91 Å². The molecular weight excluding hydrogens is 344 g/mol. The number of rotatable bonds is 3. The number of carbonyl (C=O) groups excluding carboxylic acids is 1. The number of carbonyl (C=O) groups is 1. The number of aryl methyl sites for hydroxylation is 1. The molecule has 3 aliphatic carbocycles. The molecular formula is C25H30N2O. The van der Waals surface area contributed by atoms with Gasteiger partial charge in [0.25, 0.3) is 5.91 Å². The highest BCUT2D eigenvalue weighted by Crippen LogP contribution is 2.36. The summed E-state index contributed by atoms with van der Waals surface area (Å²) in [5, 5.41) is 2.93. The Hall–Kier alpha value is -2.42. The average molecular weight is 375 g/mol. The predicted octanol–water partition coefficient (Wildman–Crippen LogP) is 5.67. The Kier molecular flexibility index (Phi) is 6.20. The quantitative estimate of drug-likeness (QED) is 0.752. The summed E-state index contributed by atoms with van der Waals surface area (Å²) in [6.07, 6.45) is 18.2. The van der Waals surface area contributed by atoms with Crippen LogP contribution in [0.5, 0.6) is 0 Å². The minimum atomic E-state index is 0.0538. The number of amides is 1. The zero-order chi connectivity index (χ0) is 19.2. The van der Waals surface area contributed by atoms with Crippen LogP contribution in [0.4, 0.5) is 0 Å². The van der Waals surface area contributed by atoms with Crippen LogP contribution in [-0.2, 0) is 6.42 Å². The van der Waals surface area contributed by atoms with Gasteiger partial charge in [0, 0.05) is 23.5 Å². The Morgan fingerprint density at radius 2 is 1.75 bits per heavy atom. The van der Waals surface area contributed by atoms with Gasteiger partial charge in [-0.15, -0.1) is 0 Å². The molecule has 3 heteroatoms. The first kappa shape index (κ1) is 18.9. The minimum Gasteiger partial charge on any atom is -0.349 e. The average Bonchev–Trinajstić information content (AvgIpc) is 3.59. The van der Waals surface area contributed by atoms with Crippen molar-refractivity contribution >= 4 is 12.0 Å². The van der Waals surface area contributed by atoms with Gasteiger partial charge in [-0.25, -0.2) is 0 Å². The maximum Gasteiger partial charge on any atom is 0.251 e. The molecule has 3 aliphatic rings. The van der Waals surface area contributed by atoms with Crippen LogP contribution < -0.4 is 5.32 Å². The van der Waals surface area contributed by atoms with E-state index < -0.39 is 0 Å². The maximum absolute atomic E-state index is 11.4. The molecule has 3 nitrogen and oxygen atoms in total. The first-order valence-corrected chi connectivity index (χ1v) is 10.8. The molecule has 0 saturated heterocycles. The summed E-state index contributed by atoms with van der Waals surface area (Å²) in [5.41, 5.74) is 5.09. The van der Waals surface area contributed by atoms with Gasteiger partial charge in [-0.3, -0.25) is 9.78 Å². The number of aromatic nitrogens is 1. The lowest BCUT2D eigenvalue weighted by molar-refractivity contribution is 0.0951. The molecule has 1 aromatic carbocycles. The van der Waals surface area contributed by atoms with Crippen molar-refractivity contribution in [1.29, 1.82) is 0 Å². The summed E-state index contributed by atoms with van der Waals surface area (Å²) in [4.78, 5) is 15.9. The van der Waals surface area contributed by atoms with Crippen LogP contribution in [-0.4, -0.2) is 16.9 Å². The van der Waals surface area contributed by atoms with Crippen molar-refractivity contribution < 1.29 is 4.79 Å². The fourth-order valence-corrected chi connectivity index (χ4v) is 4.20. The Labute approximate surface area is 168 Å². The van der Waals surface area contributed by atoms with E-state index in [2.05, 4.69) is 28.5 Å². The molecule has 2 aromatic rings. The number of benzene rings is 1. The molecule has 1 N–H and O–H groups in total. The number of hydrogen-bond donors (Lipinski definition) is 1. The number of fused-ring (bicyclic) bond motifs is 1. The number of allylic oxidation sites excluding steroid dienone is 1.